The zero-order chi connectivity index (χ0) is 11.4. The zero-order valence-electron chi connectivity index (χ0n) is 10.2. The lowest BCUT2D eigenvalue weighted by molar-refractivity contribution is 0.616. The van der Waals surface area contributed by atoms with Crippen molar-refractivity contribution in [2.75, 3.05) is 11.4 Å². The van der Waals surface area contributed by atoms with Crippen molar-refractivity contribution < 1.29 is 0 Å². The molecule has 1 aliphatic rings. The van der Waals surface area contributed by atoms with Crippen molar-refractivity contribution in [1.29, 1.82) is 0 Å². The van der Waals surface area contributed by atoms with Crippen molar-refractivity contribution in [3.8, 4) is 0 Å². The van der Waals surface area contributed by atoms with Gasteiger partial charge in [-0.05, 0) is 37.5 Å². The Bertz CT molecular complexity index is 335. The SMILES string of the molecule is CC1CCCCCN1c1cccc(CN)c1. The smallest absolute Gasteiger partial charge is 0.0371 e. The summed E-state index contributed by atoms with van der Waals surface area (Å²) in [7, 11) is 0. The van der Waals surface area contributed by atoms with Gasteiger partial charge in [-0.15, -0.1) is 0 Å². The van der Waals surface area contributed by atoms with Crippen LogP contribution in [0.4, 0.5) is 5.69 Å². The Kier molecular flexibility index (Phi) is 3.83. The van der Waals surface area contributed by atoms with Crippen LogP contribution in [0.3, 0.4) is 0 Å². The summed E-state index contributed by atoms with van der Waals surface area (Å²) in [6, 6.07) is 9.33. The molecule has 2 nitrogen and oxygen atoms in total. The lowest BCUT2D eigenvalue weighted by Gasteiger charge is -2.29. The average Bonchev–Trinajstić information content (AvgIpc) is 2.54. The van der Waals surface area contributed by atoms with Crippen LogP contribution < -0.4 is 10.6 Å². The largest absolute Gasteiger partial charge is 0.369 e. The summed E-state index contributed by atoms with van der Waals surface area (Å²) in [5.41, 5.74) is 8.27. The van der Waals surface area contributed by atoms with Crippen molar-refractivity contribution in [1.82, 2.24) is 0 Å². The molecule has 1 aromatic rings. The summed E-state index contributed by atoms with van der Waals surface area (Å²) in [5.74, 6) is 0. The van der Waals surface area contributed by atoms with Gasteiger partial charge in [0.25, 0.3) is 0 Å². The van der Waals surface area contributed by atoms with Gasteiger partial charge in [-0.25, -0.2) is 0 Å². The van der Waals surface area contributed by atoms with E-state index >= 15 is 0 Å². The summed E-state index contributed by atoms with van der Waals surface area (Å²) in [4.78, 5) is 2.53. The van der Waals surface area contributed by atoms with E-state index in [0.717, 1.165) is 0 Å². The number of rotatable bonds is 2. The second kappa shape index (κ2) is 5.35. The molecular weight excluding hydrogens is 196 g/mol. The molecule has 0 amide bonds. The monoisotopic (exact) mass is 218 g/mol. The molecule has 1 unspecified atom stereocenters. The van der Waals surface area contributed by atoms with Gasteiger partial charge in [0.05, 0.1) is 0 Å². The summed E-state index contributed by atoms with van der Waals surface area (Å²) in [6.07, 6.45) is 5.37. The normalized spacial score (nSPS) is 21.9. The molecular formula is C14H22N2. The van der Waals surface area contributed by atoms with Gasteiger partial charge >= 0.3 is 0 Å². The predicted molar refractivity (Wildman–Crippen MR) is 69.6 cm³/mol. The van der Waals surface area contributed by atoms with Crippen molar-refractivity contribution in [2.45, 2.75) is 45.2 Å². The highest BCUT2D eigenvalue weighted by atomic mass is 15.2. The van der Waals surface area contributed by atoms with E-state index in [1.54, 1.807) is 0 Å². The number of nitrogens with zero attached hydrogens (tertiary/aromatic N) is 1. The molecule has 0 aromatic heterocycles. The third kappa shape index (κ3) is 2.56. The Labute approximate surface area is 98.4 Å². The molecule has 0 radical (unpaired) electrons. The fraction of sp³-hybridized carbons (Fsp3) is 0.571. The van der Waals surface area contributed by atoms with Crippen molar-refractivity contribution in [3.63, 3.8) is 0 Å². The first-order chi connectivity index (χ1) is 7.81. The molecule has 2 heteroatoms. The number of benzene rings is 1. The van der Waals surface area contributed by atoms with Crippen LogP contribution >= 0.6 is 0 Å². The van der Waals surface area contributed by atoms with Crippen LogP contribution in [-0.4, -0.2) is 12.6 Å². The molecule has 0 aliphatic carbocycles. The van der Waals surface area contributed by atoms with E-state index in [1.807, 2.05) is 0 Å². The lowest BCUT2D eigenvalue weighted by atomic mass is 10.1. The molecule has 1 aliphatic heterocycles. The first-order valence-corrected chi connectivity index (χ1v) is 6.37. The van der Waals surface area contributed by atoms with Gasteiger partial charge in [-0.1, -0.05) is 25.0 Å². The van der Waals surface area contributed by atoms with E-state index in [0.29, 0.717) is 12.6 Å². The Balaban J connectivity index is 2.19. The van der Waals surface area contributed by atoms with Gasteiger partial charge in [0, 0.05) is 24.8 Å². The van der Waals surface area contributed by atoms with E-state index in [9.17, 15) is 0 Å². The van der Waals surface area contributed by atoms with Gasteiger partial charge in [0.1, 0.15) is 0 Å². The molecule has 0 spiro atoms. The van der Waals surface area contributed by atoms with Crippen LogP contribution in [0.5, 0.6) is 0 Å². The van der Waals surface area contributed by atoms with Crippen LogP contribution in [0.15, 0.2) is 24.3 Å². The van der Waals surface area contributed by atoms with E-state index in [-0.39, 0.29) is 0 Å². The maximum absolute atomic E-state index is 5.70. The van der Waals surface area contributed by atoms with E-state index in [4.69, 9.17) is 5.73 Å². The van der Waals surface area contributed by atoms with Gasteiger partial charge in [0.2, 0.25) is 0 Å². The summed E-state index contributed by atoms with van der Waals surface area (Å²) >= 11 is 0. The van der Waals surface area contributed by atoms with E-state index in [2.05, 4.69) is 36.1 Å². The first kappa shape index (κ1) is 11.5. The van der Waals surface area contributed by atoms with Gasteiger partial charge in [-0.3, -0.25) is 0 Å². The van der Waals surface area contributed by atoms with Crippen molar-refractivity contribution >= 4 is 5.69 Å². The maximum atomic E-state index is 5.70. The highest BCUT2D eigenvalue weighted by molar-refractivity contribution is 5.49. The fourth-order valence-corrected chi connectivity index (χ4v) is 2.52. The van der Waals surface area contributed by atoms with Crippen LogP contribution in [0, 0.1) is 0 Å². The van der Waals surface area contributed by atoms with E-state index in [1.165, 1.54) is 43.5 Å². The molecule has 16 heavy (non-hydrogen) atoms. The third-order valence-electron chi connectivity index (χ3n) is 3.53. The lowest BCUT2D eigenvalue weighted by Crippen LogP contribution is -2.32. The molecule has 1 saturated heterocycles. The second-order valence-electron chi connectivity index (χ2n) is 4.77. The average molecular weight is 218 g/mol. The minimum atomic E-state index is 0.635. The summed E-state index contributed by atoms with van der Waals surface area (Å²) < 4.78 is 0. The Hall–Kier alpha value is -1.02. The molecule has 2 N–H and O–H groups in total. The molecule has 1 aromatic carbocycles. The number of hydrogen-bond donors (Lipinski definition) is 1. The number of hydrogen-bond acceptors (Lipinski definition) is 2. The third-order valence-corrected chi connectivity index (χ3v) is 3.53. The fourth-order valence-electron chi connectivity index (χ4n) is 2.52. The van der Waals surface area contributed by atoms with Gasteiger partial charge < -0.3 is 10.6 Å². The summed E-state index contributed by atoms with van der Waals surface area (Å²) in [5, 5.41) is 0. The molecule has 1 fully saturated rings. The Morgan fingerprint density at radius 3 is 3.00 bits per heavy atom. The molecule has 1 heterocycles. The topological polar surface area (TPSA) is 29.3 Å². The first-order valence-electron chi connectivity index (χ1n) is 6.37. The van der Waals surface area contributed by atoms with Crippen molar-refractivity contribution in [2.24, 2.45) is 5.73 Å². The quantitative estimate of drug-likeness (QED) is 0.827. The van der Waals surface area contributed by atoms with Crippen LogP contribution in [0.2, 0.25) is 0 Å². The number of nitrogens with two attached hydrogens (primary N) is 1. The predicted octanol–water partition coefficient (Wildman–Crippen LogP) is 2.91. The standard InChI is InChI=1S/C14H22N2/c1-12-6-3-2-4-9-16(12)14-8-5-7-13(10-14)11-15/h5,7-8,10,12H,2-4,6,9,11,15H2,1H3. The highest BCUT2D eigenvalue weighted by Gasteiger charge is 2.16. The van der Waals surface area contributed by atoms with Crippen LogP contribution in [0.25, 0.3) is 0 Å². The Morgan fingerprint density at radius 2 is 2.19 bits per heavy atom. The van der Waals surface area contributed by atoms with Gasteiger partial charge in [0.15, 0.2) is 0 Å². The molecule has 0 saturated carbocycles. The minimum absolute atomic E-state index is 0.635. The van der Waals surface area contributed by atoms with Crippen LogP contribution in [-0.2, 0) is 6.54 Å². The molecule has 1 atom stereocenters. The molecule has 88 valence electrons. The summed E-state index contributed by atoms with van der Waals surface area (Å²) in [6.45, 7) is 4.16. The Morgan fingerprint density at radius 1 is 1.31 bits per heavy atom. The van der Waals surface area contributed by atoms with Gasteiger partial charge in [-0.2, -0.15) is 0 Å². The van der Waals surface area contributed by atoms with Crippen molar-refractivity contribution in [3.05, 3.63) is 29.8 Å². The maximum Gasteiger partial charge on any atom is 0.0371 e. The number of anilines is 1. The highest BCUT2D eigenvalue weighted by Crippen LogP contribution is 2.24. The minimum Gasteiger partial charge on any atom is -0.369 e. The molecule has 0 bridgehead atoms. The van der Waals surface area contributed by atoms with Crippen LogP contribution in [0.1, 0.15) is 38.2 Å². The zero-order valence-corrected chi connectivity index (χ0v) is 10.2. The molecule has 2 rings (SSSR count). The van der Waals surface area contributed by atoms with E-state index < -0.39 is 0 Å². The second-order valence-corrected chi connectivity index (χ2v) is 4.77.